The van der Waals surface area contributed by atoms with Gasteiger partial charge in [0.05, 0.1) is 16.6 Å². The molecule has 3 rings (SSSR count). The molecule has 1 N–H and O–H groups in total. The maximum absolute atomic E-state index is 12.9. The fourth-order valence-corrected chi connectivity index (χ4v) is 2.44. The van der Waals surface area contributed by atoms with Gasteiger partial charge in [0, 0.05) is 11.1 Å². The van der Waals surface area contributed by atoms with Gasteiger partial charge in [0.25, 0.3) is 5.56 Å². The number of aromatic nitrogens is 2. The molecule has 112 valence electrons. The Labute approximate surface area is 133 Å². The van der Waals surface area contributed by atoms with Crippen LogP contribution in [0.4, 0.5) is 5.95 Å². The maximum atomic E-state index is 12.9. The monoisotopic (exact) mass is 313 g/mol. The third-order valence-corrected chi connectivity index (χ3v) is 3.53. The smallest absolute Gasteiger partial charge is 0.267 e. The molecule has 0 fully saturated rings. The summed E-state index contributed by atoms with van der Waals surface area (Å²) in [4.78, 5) is 17.5. The van der Waals surface area contributed by atoms with Gasteiger partial charge < -0.3 is 5.32 Å². The van der Waals surface area contributed by atoms with Crippen molar-refractivity contribution in [2.24, 2.45) is 0 Å². The molecule has 0 bridgehead atoms. The van der Waals surface area contributed by atoms with Crippen molar-refractivity contribution in [2.75, 3.05) is 5.32 Å². The molecule has 0 aliphatic rings. The lowest BCUT2D eigenvalue weighted by Crippen LogP contribution is -2.26. The van der Waals surface area contributed by atoms with E-state index in [1.807, 2.05) is 44.2 Å². The Morgan fingerprint density at radius 1 is 1.09 bits per heavy atom. The van der Waals surface area contributed by atoms with E-state index in [1.165, 1.54) is 0 Å². The zero-order chi connectivity index (χ0) is 15.7. The number of nitrogens with zero attached hydrogens (tertiary/aromatic N) is 2. The predicted octanol–water partition coefficient (Wildman–Crippen LogP) is 3.86. The van der Waals surface area contributed by atoms with Crippen LogP contribution in [-0.4, -0.2) is 15.6 Å². The lowest BCUT2D eigenvalue weighted by molar-refractivity contribution is 0.845. The minimum Gasteiger partial charge on any atom is -0.353 e. The Morgan fingerprint density at radius 3 is 2.45 bits per heavy atom. The fourth-order valence-electron chi connectivity index (χ4n) is 2.32. The Balaban J connectivity index is 2.32. The number of hydrogen-bond acceptors (Lipinski definition) is 3. The Kier molecular flexibility index (Phi) is 3.86. The molecule has 0 saturated carbocycles. The van der Waals surface area contributed by atoms with Crippen molar-refractivity contribution in [1.82, 2.24) is 9.55 Å². The molecule has 1 heterocycles. The molecule has 3 aromatic rings. The van der Waals surface area contributed by atoms with Crippen molar-refractivity contribution in [3.63, 3.8) is 0 Å². The summed E-state index contributed by atoms with van der Waals surface area (Å²) in [5, 5.41) is 4.46. The first-order valence-electron chi connectivity index (χ1n) is 7.10. The van der Waals surface area contributed by atoms with Crippen LogP contribution in [0.5, 0.6) is 0 Å². The molecule has 0 amide bonds. The van der Waals surface area contributed by atoms with Crippen LogP contribution in [0.1, 0.15) is 13.8 Å². The topological polar surface area (TPSA) is 46.9 Å². The van der Waals surface area contributed by atoms with Gasteiger partial charge in [-0.3, -0.25) is 4.79 Å². The SMILES string of the molecule is CC(C)Nc1nc2ccccc2c(=O)n1-c1ccc(Cl)cc1. The lowest BCUT2D eigenvalue weighted by Gasteiger charge is -2.16. The highest BCUT2D eigenvalue weighted by molar-refractivity contribution is 6.30. The van der Waals surface area contributed by atoms with E-state index in [9.17, 15) is 4.79 Å². The van der Waals surface area contributed by atoms with Crippen molar-refractivity contribution >= 4 is 28.5 Å². The van der Waals surface area contributed by atoms with Crippen LogP contribution >= 0.6 is 11.6 Å². The van der Waals surface area contributed by atoms with Crippen LogP contribution in [0.15, 0.2) is 53.3 Å². The third-order valence-electron chi connectivity index (χ3n) is 3.28. The minimum atomic E-state index is -0.101. The van der Waals surface area contributed by atoms with Gasteiger partial charge in [-0.2, -0.15) is 0 Å². The predicted molar refractivity (Wildman–Crippen MR) is 91.1 cm³/mol. The van der Waals surface area contributed by atoms with Crippen molar-refractivity contribution in [3.05, 3.63) is 63.9 Å². The maximum Gasteiger partial charge on any atom is 0.267 e. The quantitative estimate of drug-likeness (QED) is 0.798. The number of nitrogens with one attached hydrogen (secondary N) is 1. The molecule has 0 radical (unpaired) electrons. The van der Waals surface area contributed by atoms with E-state index in [0.29, 0.717) is 21.9 Å². The van der Waals surface area contributed by atoms with Gasteiger partial charge in [-0.15, -0.1) is 0 Å². The normalized spacial score (nSPS) is 11.1. The molecular weight excluding hydrogens is 298 g/mol. The van der Waals surface area contributed by atoms with E-state index in [4.69, 9.17) is 11.6 Å². The van der Waals surface area contributed by atoms with Crippen LogP contribution in [-0.2, 0) is 0 Å². The highest BCUT2D eigenvalue weighted by Crippen LogP contribution is 2.18. The Morgan fingerprint density at radius 2 is 1.77 bits per heavy atom. The summed E-state index contributed by atoms with van der Waals surface area (Å²) in [6.07, 6.45) is 0. The number of anilines is 1. The van der Waals surface area contributed by atoms with Gasteiger partial charge in [0.1, 0.15) is 0 Å². The largest absolute Gasteiger partial charge is 0.353 e. The summed E-state index contributed by atoms with van der Waals surface area (Å²) in [7, 11) is 0. The van der Waals surface area contributed by atoms with Gasteiger partial charge in [0.15, 0.2) is 0 Å². The summed E-state index contributed by atoms with van der Waals surface area (Å²) in [6.45, 7) is 4.01. The first-order chi connectivity index (χ1) is 10.6. The lowest BCUT2D eigenvalue weighted by atomic mass is 10.2. The van der Waals surface area contributed by atoms with E-state index < -0.39 is 0 Å². The van der Waals surface area contributed by atoms with Crippen LogP contribution in [0, 0.1) is 0 Å². The van der Waals surface area contributed by atoms with E-state index in [0.717, 1.165) is 5.69 Å². The van der Waals surface area contributed by atoms with Crippen molar-refractivity contribution in [2.45, 2.75) is 19.9 Å². The summed E-state index contributed by atoms with van der Waals surface area (Å²) in [5.74, 6) is 0.529. The molecule has 4 nitrogen and oxygen atoms in total. The van der Waals surface area contributed by atoms with Gasteiger partial charge in [0.2, 0.25) is 5.95 Å². The molecule has 0 spiro atoms. The van der Waals surface area contributed by atoms with Gasteiger partial charge in [-0.25, -0.2) is 9.55 Å². The minimum absolute atomic E-state index is 0.101. The number of fused-ring (bicyclic) bond motifs is 1. The summed E-state index contributed by atoms with van der Waals surface area (Å²) < 4.78 is 1.58. The number of rotatable bonds is 3. The zero-order valence-electron chi connectivity index (χ0n) is 12.4. The van der Waals surface area contributed by atoms with Gasteiger partial charge in [-0.1, -0.05) is 23.7 Å². The Bertz CT molecular complexity index is 869. The van der Waals surface area contributed by atoms with Gasteiger partial charge in [-0.05, 0) is 50.2 Å². The van der Waals surface area contributed by atoms with Crippen LogP contribution in [0.3, 0.4) is 0 Å². The second-order valence-electron chi connectivity index (χ2n) is 5.37. The molecule has 0 saturated heterocycles. The van der Waals surface area contributed by atoms with Crippen molar-refractivity contribution in [3.8, 4) is 5.69 Å². The highest BCUT2D eigenvalue weighted by Gasteiger charge is 2.13. The van der Waals surface area contributed by atoms with E-state index >= 15 is 0 Å². The number of para-hydroxylation sites is 1. The van der Waals surface area contributed by atoms with E-state index in [2.05, 4.69) is 10.3 Å². The fraction of sp³-hybridized carbons (Fsp3) is 0.176. The number of hydrogen-bond donors (Lipinski definition) is 1. The third kappa shape index (κ3) is 2.70. The average molecular weight is 314 g/mol. The Hall–Kier alpha value is -2.33. The zero-order valence-corrected chi connectivity index (χ0v) is 13.1. The van der Waals surface area contributed by atoms with Crippen LogP contribution < -0.4 is 10.9 Å². The van der Waals surface area contributed by atoms with E-state index in [-0.39, 0.29) is 11.6 Å². The standard InChI is InChI=1S/C17H16ClN3O/c1-11(2)19-17-20-15-6-4-3-5-14(15)16(22)21(17)13-9-7-12(18)8-10-13/h3-11H,1-2H3,(H,19,20). The number of halogens is 1. The molecule has 0 unspecified atom stereocenters. The second kappa shape index (κ2) is 5.81. The molecule has 0 aliphatic carbocycles. The summed E-state index contributed by atoms with van der Waals surface area (Å²) in [6, 6.07) is 14.7. The average Bonchev–Trinajstić information content (AvgIpc) is 2.48. The summed E-state index contributed by atoms with van der Waals surface area (Å²) in [5.41, 5.74) is 1.31. The second-order valence-corrected chi connectivity index (χ2v) is 5.81. The van der Waals surface area contributed by atoms with E-state index in [1.54, 1.807) is 22.8 Å². The van der Waals surface area contributed by atoms with Crippen molar-refractivity contribution in [1.29, 1.82) is 0 Å². The molecular formula is C17H16ClN3O. The molecule has 5 heteroatoms. The molecule has 0 aliphatic heterocycles. The molecule has 1 aromatic heterocycles. The highest BCUT2D eigenvalue weighted by atomic mass is 35.5. The summed E-state index contributed by atoms with van der Waals surface area (Å²) >= 11 is 5.94. The van der Waals surface area contributed by atoms with Gasteiger partial charge >= 0.3 is 0 Å². The van der Waals surface area contributed by atoms with Crippen LogP contribution in [0.2, 0.25) is 5.02 Å². The first kappa shape index (κ1) is 14.6. The molecule has 22 heavy (non-hydrogen) atoms. The first-order valence-corrected chi connectivity index (χ1v) is 7.48. The van der Waals surface area contributed by atoms with Crippen LogP contribution in [0.25, 0.3) is 16.6 Å². The number of benzene rings is 2. The molecule has 2 aromatic carbocycles. The molecule has 0 atom stereocenters. The van der Waals surface area contributed by atoms with Crippen molar-refractivity contribution < 1.29 is 0 Å².